The Balaban J connectivity index is 1.52. The minimum absolute atomic E-state index is 0.00554. The lowest BCUT2D eigenvalue weighted by Crippen LogP contribution is -2.47. The van der Waals surface area contributed by atoms with E-state index >= 15 is 0 Å². The predicted molar refractivity (Wildman–Crippen MR) is 110 cm³/mol. The highest BCUT2D eigenvalue weighted by molar-refractivity contribution is 5.83. The van der Waals surface area contributed by atoms with Gasteiger partial charge in [-0.15, -0.1) is 0 Å². The molecule has 2 aromatic rings. The summed E-state index contributed by atoms with van der Waals surface area (Å²) in [5, 5.41) is 3.53. The minimum Gasteiger partial charge on any atom is -0.452 e. The van der Waals surface area contributed by atoms with E-state index in [9.17, 15) is 14.4 Å². The zero-order valence-corrected chi connectivity index (χ0v) is 17.3. The molecular weight excluding hydrogens is 370 g/mol. The second-order valence-corrected chi connectivity index (χ2v) is 8.02. The van der Waals surface area contributed by atoms with E-state index in [-0.39, 0.29) is 30.5 Å². The molecule has 1 heterocycles. The van der Waals surface area contributed by atoms with Crippen molar-refractivity contribution in [1.29, 1.82) is 0 Å². The Labute approximate surface area is 170 Å². The summed E-state index contributed by atoms with van der Waals surface area (Å²) in [5.41, 5.74) is 0.419. The summed E-state index contributed by atoms with van der Waals surface area (Å²) in [6.45, 7) is 6.09. The fraction of sp³-hybridized carbons (Fsp3) is 0.545. The van der Waals surface area contributed by atoms with Crippen molar-refractivity contribution in [3.63, 3.8) is 0 Å². The van der Waals surface area contributed by atoms with Crippen LogP contribution in [-0.2, 0) is 20.9 Å². The van der Waals surface area contributed by atoms with Crippen LogP contribution in [0.25, 0.3) is 10.9 Å². The summed E-state index contributed by atoms with van der Waals surface area (Å²) in [6, 6.07) is 7.19. The lowest BCUT2D eigenvalue weighted by Gasteiger charge is -2.35. The number of rotatable bonds is 6. The number of hydrogen-bond acceptors (Lipinski definition) is 5. The number of nitrogens with zero attached hydrogens (tertiary/aromatic N) is 2. The Morgan fingerprint density at radius 3 is 2.83 bits per heavy atom. The molecule has 3 rings (SSSR count). The molecule has 1 N–H and O–H groups in total. The van der Waals surface area contributed by atoms with Crippen LogP contribution in [0.2, 0.25) is 0 Å². The Morgan fingerprint density at radius 1 is 1.28 bits per heavy atom. The molecule has 156 valence electrons. The third kappa shape index (κ3) is 5.02. The fourth-order valence-electron chi connectivity index (χ4n) is 3.87. The van der Waals surface area contributed by atoms with Crippen molar-refractivity contribution < 1.29 is 14.3 Å². The van der Waals surface area contributed by atoms with Gasteiger partial charge < -0.3 is 10.1 Å². The van der Waals surface area contributed by atoms with Gasteiger partial charge in [0.25, 0.3) is 11.5 Å². The second kappa shape index (κ2) is 9.20. The van der Waals surface area contributed by atoms with Crippen molar-refractivity contribution in [2.45, 2.75) is 65.1 Å². The van der Waals surface area contributed by atoms with Crippen LogP contribution in [-0.4, -0.2) is 33.6 Å². The van der Waals surface area contributed by atoms with Crippen LogP contribution in [0.3, 0.4) is 0 Å². The van der Waals surface area contributed by atoms with Crippen molar-refractivity contribution in [2.24, 2.45) is 11.8 Å². The van der Waals surface area contributed by atoms with Crippen LogP contribution in [0.4, 0.5) is 0 Å². The Hall–Kier alpha value is -2.70. The minimum atomic E-state index is -0.863. The number of fused-ring (bicyclic) bond motifs is 1. The molecular formula is C22H29N3O4. The number of benzene rings is 1. The molecule has 0 radical (unpaired) electrons. The number of ether oxygens (including phenoxy) is 1. The van der Waals surface area contributed by atoms with Crippen LogP contribution in [0.5, 0.6) is 0 Å². The maximum atomic E-state index is 12.5. The van der Waals surface area contributed by atoms with Gasteiger partial charge in [-0.25, -0.2) is 4.98 Å². The topological polar surface area (TPSA) is 90.3 Å². The number of para-hydroxylation sites is 1. The second-order valence-electron chi connectivity index (χ2n) is 8.02. The number of carbonyl (C=O) groups is 2. The molecule has 1 saturated carbocycles. The Bertz CT molecular complexity index is 939. The summed E-state index contributed by atoms with van der Waals surface area (Å²) in [5.74, 6) is 0.190. The van der Waals surface area contributed by atoms with Gasteiger partial charge in [0.2, 0.25) is 0 Å². The molecule has 7 heteroatoms. The first-order valence-electron chi connectivity index (χ1n) is 10.3. The highest BCUT2D eigenvalue weighted by Gasteiger charge is 2.30. The number of hydrogen-bond donors (Lipinski definition) is 1. The molecule has 0 spiro atoms. The first-order chi connectivity index (χ1) is 13.9. The van der Waals surface area contributed by atoms with Gasteiger partial charge in [-0.05, 0) is 37.3 Å². The molecule has 1 aliphatic rings. The molecule has 1 amide bonds. The van der Waals surface area contributed by atoms with E-state index in [1.54, 1.807) is 25.1 Å². The number of nitrogens with one attached hydrogen (secondary N) is 1. The number of carbonyl (C=O) groups excluding carboxylic acids is 2. The number of amides is 1. The van der Waals surface area contributed by atoms with Crippen LogP contribution in [0.1, 0.15) is 46.5 Å². The third-order valence-electron chi connectivity index (χ3n) is 6.00. The van der Waals surface area contributed by atoms with Crippen molar-refractivity contribution in [1.82, 2.24) is 14.9 Å². The molecule has 0 saturated heterocycles. The summed E-state index contributed by atoms with van der Waals surface area (Å²) < 4.78 is 6.67. The van der Waals surface area contributed by atoms with Gasteiger partial charge >= 0.3 is 5.97 Å². The van der Waals surface area contributed by atoms with Crippen molar-refractivity contribution in [3.05, 3.63) is 40.9 Å². The molecule has 29 heavy (non-hydrogen) atoms. The number of esters is 1. The SMILES string of the molecule is C[C@H]1[C@@H](C)CCC[C@H]1NC(=O)[C@H](C)OC(=O)CCn1cnc2ccccc2c1=O. The van der Waals surface area contributed by atoms with Gasteiger partial charge in [-0.2, -0.15) is 0 Å². The largest absolute Gasteiger partial charge is 0.452 e. The van der Waals surface area contributed by atoms with Gasteiger partial charge in [0.15, 0.2) is 6.10 Å². The Kier molecular flexibility index (Phi) is 6.67. The van der Waals surface area contributed by atoms with Gasteiger partial charge in [0.05, 0.1) is 23.7 Å². The van der Waals surface area contributed by atoms with Gasteiger partial charge in [-0.3, -0.25) is 19.0 Å². The molecule has 4 atom stereocenters. The summed E-state index contributed by atoms with van der Waals surface area (Å²) >= 11 is 0. The maximum absolute atomic E-state index is 12.5. The first-order valence-corrected chi connectivity index (χ1v) is 10.3. The predicted octanol–water partition coefficient (Wildman–Crippen LogP) is 2.66. The number of aryl methyl sites for hydroxylation is 1. The maximum Gasteiger partial charge on any atom is 0.308 e. The zero-order valence-electron chi connectivity index (χ0n) is 17.3. The van der Waals surface area contributed by atoms with Gasteiger partial charge in [0, 0.05) is 12.6 Å². The van der Waals surface area contributed by atoms with Crippen LogP contribution in [0.15, 0.2) is 35.4 Å². The van der Waals surface area contributed by atoms with Crippen LogP contribution < -0.4 is 10.9 Å². The fourth-order valence-corrected chi connectivity index (χ4v) is 3.87. The van der Waals surface area contributed by atoms with E-state index < -0.39 is 12.1 Å². The number of aromatic nitrogens is 2. The molecule has 0 unspecified atom stereocenters. The molecule has 1 fully saturated rings. The molecule has 1 aliphatic carbocycles. The quantitative estimate of drug-likeness (QED) is 0.754. The highest BCUT2D eigenvalue weighted by Crippen LogP contribution is 2.29. The van der Waals surface area contributed by atoms with Crippen LogP contribution >= 0.6 is 0 Å². The molecule has 0 aliphatic heterocycles. The summed E-state index contributed by atoms with van der Waals surface area (Å²) in [4.78, 5) is 41.3. The molecule has 1 aromatic heterocycles. The van der Waals surface area contributed by atoms with Crippen molar-refractivity contribution >= 4 is 22.8 Å². The highest BCUT2D eigenvalue weighted by atomic mass is 16.5. The van der Waals surface area contributed by atoms with E-state index in [0.717, 1.165) is 12.8 Å². The van der Waals surface area contributed by atoms with Gasteiger partial charge in [0.1, 0.15) is 0 Å². The average molecular weight is 399 g/mol. The smallest absolute Gasteiger partial charge is 0.308 e. The summed E-state index contributed by atoms with van der Waals surface area (Å²) in [6.07, 6.45) is 3.79. The average Bonchev–Trinajstić information content (AvgIpc) is 2.71. The van der Waals surface area contributed by atoms with E-state index in [2.05, 4.69) is 24.1 Å². The molecule has 0 bridgehead atoms. The third-order valence-corrected chi connectivity index (χ3v) is 6.00. The lowest BCUT2D eigenvalue weighted by molar-refractivity contribution is -0.155. The van der Waals surface area contributed by atoms with Crippen molar-refractivity contribution in [3.8, 4) is 0 Å². The first kappa shape index (κ1) is 21.0. The zero-order chi connectivity index (χ0) is 21.0. The van der Waals surface area contributed by atoms with Crippen molar-refractivity contribution in [2.75, 3.05) is 0 Å². The summed E-state index contributed by atoms with van der Waals surface area (Å²) in [7, 11) is 0. The van der Waals surface area contributed by atoms with Gasteiger partial charge in [-0.1, -0.05) is 38.8 Å². The van der Waals surface area contributed by atoms with E-state index in [1.165, 1.54) is 17.3 Å². The van der Waals surface area contributed by atoms with Crippen LogP contribution in [0, 0.1) is 11.8 Å². The Morgan fingerprint density at radius 2 is 2.03 bits per heavy atom. The lowest BCUT2D eigenvalue weighted by atomic mass is 9.78. The normalized spacial score (nSPS) is 22.8. The van der Waals surface area contributed by atoms with E-state index in [4.69, 9.17) is 4.74 Å². The van der Waals surface area contributed by atoms with E-state index in [1.807, 2.05) is 6.07 Å². The standard InChI is InChI=1S/C22H29N3O4/c1-14-7-6-10-18(15(14)2)24-21(27)16(3)29-20(26)11-12-25-13-23-19-9-5-4-8-17(19)22(25)28/h4-5,8-9,13-16,18H,6-7,10-12H2,1-3H3,(H,24,27)/t14-,15-,16-,18+/m0/s1. The molecule has 7 nitrogen and oxygen atoms in total. The monoisotopic (exact) mass is 399 g/mol. The molecule has 1 aromatic carbocycles. The van der Waals surface area contributed by atoms with E-state index in [0.29, 0.717) is 22.7 Å².